The van der Waals surface area contributed by atoms with Crippen molar-refractivity contribution in [1.29, 1.82) is 0 Å². The number of rotatable bonds is 3. The molecule has 1 N–H and O–H groups in total. The van der Waals surface area contributed by atoms with Gasteiger partial charge in [-0.3, -0.25) is 10.1 Å². The lowest BCUT2D eigenvalue weighted by Gasteiger charge is -2.34. The molecule has 1 fully saturated rings. The molecule has 1 aliphatic rings. The van der Waals surface area contributed by atoms with Crippen molar-refractivity contribution < 1.29 is 14.5 Å². The Balaban J connectivity index is 1.96. The minimum atomic E-state index is -0.521. The summed E-state index contributed by atoms with van der Waals surface area (Å²) in [6.07, 6.45) is 1.04. The summed E-state index contributed by atoms with van der Waals surface area (Å²) in [5.74, 6) is 0. The van der Waals surface area contributed by atoms with Crippen molar-refractivity contribution in [2.45, 2.75) is 52.2 Å². The number of hydrogen-bond donors (Lipinski definition) is 1. The monoisotopic (exact) mass is 335 g/mol. The molecular formula is C17H25N3O4. The summed E-state index contributed by atoms with van der Waals surface area (Å²) < 4.78 is 5.26. The number of ether oxygens (including phenoxy) is 1. The molecule has 2 rings (SSSR count). The molecule has 1 amide bonds. The zero-order valence-electron chi connectivity index (χ0n) is 14.7. The number of nitrogens with one attached hydrogen (secondary N) is 1. The highest BCUT2D eigenvalue weighted by Crippen LogP contribution is 2.31. The highest BCUT2D eigenvalue weighted by Gasteiger charge is 2.26. The lowest BCUT2D eigenvalue weighted by Crippen LogP contribution is -2.46. The normalized spacial score (nSPS) is 15.9. The van der Waals surface area contributed by atoms with Crippen LogP contribution in [0.5, 0.6) is 0 Å². The molecule has 1 saturated heterocycles. The molecule has 0 unspecified atom stereocenters. The second-order valence-corrected chi connectivity index (χ2v) is 7.16. The first-order valence-electron chi connectivity index (χ1n) is 8.15. The number of anilines is 1. The van der Waals surface area contributed by atoms with Crippen molar-refractivity contribution in [3.05, 3.63) is 33.9 Å². The predicted octanol–water partition coefficient (Wildman–Crippen LogP) is 3.40. The molecule has 7 heteroatoms. The Morgan fingerprint density at radius 2 is 1.96 bits per heavy atom. The number of nitro benzene ring substituents is 1. The summed E-state index contributed by atoms with van der Waals surface area (Å²) in [4.78, 5) is 24.8. The maximum absolute atomic E-state index is 11.8. The molecule has 0 bridgehead atoms. The lowest BCUT2D eigenvalue weighted by atomic mass is 10.0. The van der Waals surface area contributed by atoms with Gasteiger partial charge in [0.2, 0.25) is 0 Å². The van der Waals surface area contributed by atoms with E-state index in [1.165, 1.54) is 0 Å². The Kier molecular flexibility index (Phi) is 5.31. The Morgan fingerprint density at radius 1 is 1.33 bits per heavy atom. The predicted molar refractivity (Wildman–Crippen MR) is 92.4 cm³/mol. The smallest absolute Gasteiger partial charge is 0.407 e. The summed E-state index contributed by atoms with van der Waals surface area (Å²) in [5, 5.41) is 14.1. The highest BCUT2D eigenvalue weighted by molar-refractivity contribution is 5.68. The highest BCUT2D eigenvalue weighted by atomic mass is 16.6. The fraction of sp³-hybridized carbons (Fsp3) is 0.588. The van der Waals surface area contributed by atoms with Gasteiger partial charge in [-0.15, -0.1) is 0 Å². The van der Waals surface area contributed by atoms with Crippen LogP contribution in [0.2, 0.25) is 0 Å². The molecule has 0 radical (unpaired) electrons. The summed E-state index contributed by atoms with van der Waals surface area (Å²) in [7, 11) is 0. The van der Waals surface area contributed by atoms with Crippen molar-refractivity contribution >= 4 is 17.5 Å². The molecule has 1 aromatic rings. The molecule has 24 heavy (non-hydrogen) atoms. The van der Waals surface area contributed by atoms with Crippen LogP contribution >= 0.6 is 0 Å². The standard InChI is InChI=1S/C17H25N3O4/c1-12-5-6-14(15(11-12)20(22)23)19-9-7-13(8-10-19)18-16(21)24-17(2,3)4/h5-6,11,13H,7-10H2,1-4H3,(H,18,21). The molecule has 0 spiro atoms. The number of benzene rings is 1. The van der Waals surface area contributed by atoms with E-state index in [0.29, 0.717) is 18.8 Å². The van der Waals surface area contributed by atoms with Gasteiger partial charge in [0.1, 0.15) is 11.3 Å². The molecule has 0 atom stereocenters. The van der Waals surface area contributed by atoms with Gasteiger partial charge in [0.05, 0.1) is 4.92 Å². The minimum absolute atomic E-state index is 0.0283. The first-order chi connectivity index (χ1) is 11.2. The van der Waals surface area contributed by atoms with Gasteiger partial charge < -0.3 is 15.0 Å². The molecule has 1 heterocycles. The van der Waals surface area contributed by atoms with Gasteiger partial charge in [0, 0.05) is 25.2 Å². The van der Waals surface area contributed by atoms with Crippen LogP contribution in [0.25, 0.3) is 0 Å². The average molecular weight is 335 g/mol. The van der Waals surface area contributed by atoms with Crippen LogP contribution in [0.4, 0.5) is 16.2 Å². The van der Waals surface area contributed by atoms with Crippen molar-refractivity contribution in [3.8, 4) is 0 Å². The summed E-state index contributed by atoms with van der Waals surface area (Å²) in [6.45, 7) is 8.63. The van der Waals surface area contributed by atoms with Gasteiger partial charge in [0.15, 0.2) is 0 Å². The topological polar surface area (TPSA) is 84.7 Å². The van der Waals surface area contributed by atoms with Gasteiger partial charge in [-0.2, -0.15) is 0 Å². The molecule has 0 aliphatic carbocycles. The van der Waals surface area contributed by atoms with E-state index in [9.17, 15) is 14.9 Å². The Hall–Kier alpha value is -2.31. The van der Waals surface area contributed by atoms with Crippen LogP contribution < -0.4 is 10.2 Å². The van der Waals surface area contributed by atoms with Gasteiger partial charge >= 0.3 is 6.09 Å². The molecule has 7 nitrogen and oxygen atoms in total. The molecule has 0 aromatic heterocycles. The van der Waals surface area contributed by atoms with E-state index in [0.717, 1.165) is 18.4 Å². The van der Waals surface area contributed by atoms with E-state index >= 15 is 0 Å². The van der Waals surface area contributed by atoms with E-state index in [1.807, 2.05) is 38.7 Å². The van der Waals surface area contributed by atoms with E-state index in [-0.39, 0.29) is 16.7 Å². The fourth-order valence-electron chi connectivity index (χ4n) is 2.79. The lowest BCUT2D eigenvalue weighted by molar-refractivity contribution is -0.384. The third-order valence-electron chi connectivity index (χ3n) is 3.88. The maximum atomic E-state index is 11.8. The van der Waals surface area contributed by atoms with E-state index in [1.54, 1.807) is 12.1 Å². The number of amides is 1. The number of nitro groups is 1. The molecular weight excluding hydrogens is 310 g/mol. The summed E-state index contributed by atoms with van der Waals surface area (Å²) in [6, 6.07) is 5.31. The number of alkyl carbamates (subject to hydrolysis) is 1. The second-order valence-electron chi connectivity index (χ2n) is 7.16. The number of carbonyl (C=O) groups is 1. The van der Waals surface area contributed by atoms with Crippen LogP contribution in [0.1, 0.15) is 39.2 Å². The maximum Gasteiger partial charge on any atom is 0.407 e. The molecule has 132 valence electrons. The SMILES string of the molecule is Cc1ccc(N2CCC(NC(=O)OC(C)(C)C)CC2)c([N+](=O)[O-])c1. The van der Waals surface area contributed by atoms with Crippen LogP contribution in [0.15, 0.2) is 18.2 Å². The van der Waals surface area contributed by atoms with Crippen LogP contribution in [-0.4, -0.2) is 35.7 Å². The number of carbonyl (C=O) groups excluding carboxylic acids is 1. The van der Waals surface area contributed by atoms with Gasteiger partial charge in [-0.05, 0) is 52.2 Å². The van der Waals surface area contributed by atoms with E-state index in [4.69, 9.17) is 4.74 Å². The fourth-order valence-corrected chi connectivity index (χ4v) is 2.79. The number of piperidine rings is 1. The van der Waals surface area contributed by atoms with Crippen molar-refractivity contribution in [2.24, 2.45) is 0 Å². The third kappa shape index (κ3) is 4.84. The third-order valence-corrected chi connectivity index (χ3v) is 3.88. The van der Waals surface area contributed by atoms with Crippen molar-refractivity contribution in [1.82, 2.24) is 5.32 Å². The Morgan fingerprint density at radius 3 is 2.50 bits per heavy atom. The van der Waals surface area contributed by atoms with E-state index in [2.05, 4.69) is 5.32 Å². The molecule has 0 saturated carbocycles. The number of hydrogen-bond acceptors (Lipinski definition) is 5. The Labute approximate surface area is 142 Å². The van der Waals surface area contributed by atoms with Crippen LogP contribution in [0, 0.1) is 17.0 Å². The van der Waals surface area contributed by atoms with Gasteiger partial charge in [-0.25, -0.2) is 4.79 Å². The van der Waals surface area contributed by atoms with Gasteiger partial charge in [0.25, 0.3) is 5.69 Å². The summed E-state index contributed by atoms with van der Waals surface area (Å²) >= 11 is 0. The summed E-state index contributed by atoms with van der Waals surface area (Å²) in [5.41, 5.74) is 1.12. The largest absolute Gasteiger partial charge is 0.444 e. The zero-order chi connectivity index (χ0) is 17.9. The molecule has 1 aromatic carbocycles. The number of nitrogens with zero attached hydrogens (tertiary/aromatic N) is 2. The van der Waals surface area contributed by atoms with Crippen molar-refractivity contribution in [2.75, 3.05) is 18.0 Å². The minimum Gasteiger partial charge on any atom is -0.444 e. The number of aryl methyl sites for hydroxylation is 1. The molecule has 1 aliphatic heterocycles. The second kappa shape index (κ2) is 7.07. The van der Waals surface area contributed by atoms with Crippen molar-refractivity contribution in [3.63, 3.8) is 0 Å². The average Bonchev–Trinajstić information content (AvgIpc) is 2.46. The first kappa shape index (κ1) is 18.0. The first-order valence-corrected chi connectivity index (χ1v) is 8.15. The van der Waals surface area contributed by atoms with Gasteiger partial charge in [-0.1, -0.05) is 6.07 Å². The van der Waals surface area contributed by atoms with E-state index < -0.39 is 11.7 Å². The Bertz CT molecular complexity index is 617. The quantitative estimate of drug-likeness (QED) is 0.676. The van der Waals surface area contributed by atoms with Crippen LogP contribution in [-0.2, 0) is 4.74 Å². The van der Waals surface area contributed by atoms with Crippen LogP contribution in [0.3, 0.4) is 0 Å². The zero-order valence-corrected chi connectivity index (χ0v) is 14.7.